The second-order valence-electron chi connectivity index (χ2n) is 7.32. The molecule has 4 heteroatoms. The van der Waals surface area contributed by atoms with Gasteiger partial charge < -0.3 is 10.7 Å². The Kier molecular flexibility index (Phi) is 5.66. The van der Waals surface area contributed by atoms with Gasteiger partial charge in [-0.05, 0) is 53.5 Å². The van der Waals surface area contributed by atoms with Gasteiger partial charge in [-0.25, -0.2) is 9.97 Å². The standard InChI is InChI=1S/C26H24N4/c1-18(13-14-27)21-9-7-20(8-10-21)16-28-26-19(2)25(29-17-30-26)24-12-11-22-5-3-4-6-23(22)15-24/h3-15,17,27H,16H2,1-2H3,(H,28,29,30)/b18-13+,27-14?. The Hall–Kier alpha value is -3.79. The molecule has 0 aliphatic carbocycles. The lowest BCUT2D eigenvalue weighted by Gasteiger charge is -2.12. The van der Waals surface area contributed by atoms with E-state index in [4.69, 9.17) is 5.41 Å². The van der Waals surface area contributed by atoms with Crippen LogP contribution in [0.25, 0.3) is 27.6 Å². The van der Waals surface area contributed by atoms with Crippen molar-refractivity contribution in [3.8, 4) is 11.3 Å². The zero-order chi connectivity index (χ0) is 20.9. The highest BCUT2D eigenvalue weighted by molar-refractivity contribution is 5.87. The largest absolute Gasteiger partial charge is 0.366 e. The highest BCUT2D eigenvalue weighted by atomic mass is 15.0. The molecule has 30 heavy (non-hydrogen) atoms. The Morgan fingerprint density at radius 3 is 2.50 bits per heavy atom. The van der Waals surface area contributed by atoms with Crippen LogP contribution in [-0.2, 0) is 6.54 Å². The molecule has 148 valence electrons. The Bertz CT molecular complexity index is 1220. The van der Waals surface area contributed by atoms with E-state index in [0.29, 0.717) is 6.54 Å². The summed E-state index contributed by atoms with van der Waals surface area (Å²) in [5, 5.41) is 13.1. The lowest BCUT2D eigenvalue weighted by molar-refractivity contribution is 1.06. The molecule has 0 saturated carbocycles. The molecule has 0 fully saturated rings. The van der Waals surface area contributed by atoms with Gasteiger partial charge in [0, 0.05) is 23.9 Å². The lowest BCUT2D eigenvalue weighted by atomic mass is 10.0. The molecular formula is C26H24N4. The quantitative estimate of drug-likeness (QED) is 0.380. The molecular weight excluding hydrogens is 368 g/mol. The second kappa shape index (κ2) is 8.70. The van der Waals surface area contributed by atoms with Crippen LogP contribution in [-0.4, -0.2) is 16.2 Å². The lowest BCUT2D eigenvalue weighted by Crippen LogP contribution is -2.05. The Labute approximate surface area is 176 Å². The van der Waals surface area contributed by atoms with Crippen LogP contribution in [0.1, 0.15) is 23.6 Å². The van der Waals surface area contributed by atoms with Crippen LogP contribution in [0.2, 0.25) is 0 Å². The number of rotatable bonds is 6. The third-order valence-electron chi connectivity index (χ3n) is 5.31. The van der Waals surface area contributed by atoms with Gasteiger partial charge in [0.05, 0.1) is 5.69 Å². The first-order chi connectivity index (χ1) is 14.7. The molecule has 1 aromatic heterocycles. The van der Waals surface area contributed by atoms with Crippen molar-refractivity contribution in [3.63, 3.8) is 0 Å². The summed E-state index contributed by atoms with van der Waals surface area (Å²) in [6, 6.07) is 23.1. The maximum atomic E-state index is 7.20. The number of aromatic nitrogens is 2. The summed E-state index contributed by atoms with van der Waals surface area (Å²) in [6.07, 6.45) is 4.73. The van der Waals surface area contributed by atoms with Crippen LogP contribution in [0.3, 0.4) is 0 Å². The number of allylic oxidation sites excluding steroid dienone is 2. The van der Waals surface area contributed by atoms with Gasteiger partial charge in [0.2, 0.25) is 0 Å². The molecule has 4 nitrogen and oxygen atoms in total. The average molecular weight is 393 g/mol. The van der Waals surface area contributed by atoms with E-state index in [1.807, 2.05) is 6.92 Å². The maximum Gasteiger partial charge on any atom is 0.133 e. The minimum absolute atomic E-state index is 0.683. The van der Waals surface area contributed by atoms with Crippen LogP contribution in [0.5, 0.6) is 0 Å². The van der Waals surface area contributed by atoms with Crippen molar-refractivity contribution >= 4 is 28.4 Å². The molecule has 4 aromatic rings. The van der Waals surface area contributed by atoms with Crippen molar-refractivity contribution in [2.45, 2.75) is 20.4 Å². The summed E-state index contributed by atoms with van der Waals surface area (Å²) < 4.78 is 0. The first-order valence-corrected chi connectivity index (χ1v) is 9.97. The number of fused-ring (bicyclic) bond motifs is 1. The van der Waals surface area contributed by atoms with Crippen molar-refractivity contribution in [1.82, 2.24) is 9.97 Å². The average Bonchev–Trinajstić information content (AvgIpc) is 2.78. The molecule has 0 atom stereocenters. The highest BCUT2D eigenvalue weighted by Crippen LogP contribution is 2.28. The smallest absolute Gasteiger partial charge is 0.133 e. The summed E-state index contributed by atoms with van der Waals surface area (Å²) in [5.74, 6) is 0.845. The van der Waals surface area contributed by atoms with E-state index in [0.717, 1.165) is 33.8 Å². The van der Waals surface area contributed by atoms with Crippen molar-refractivity contribution < 1.29 is 0 Å². The third kappa shape index (κ3) is 4.13. The summed E-state index contributed by atoms with van der Waals surface area (Å²) in [7, 11) is 0. The van der Waals surface area contributed by atoms with Gasteiger partial charge in [-0.3, -0.25) is 0 Å². The molecule has 4 rings (SSSR count). The van der Waals surface area contributed by atoms with Crippen molar-refractivity contribution in [3.05, 3.63) is 95.8 Å². The molecule has 0 amide bonds. The van der Waals surface area contributed by atoms with Gasteiger partial charge in [0.25, 0.3) is 0 Å². The molecule has 2 N–H and O–H groups in total. The Morgan fingerprint density at radius 2 is 1.73 bits per heavy atom. The van der Waals surface area contributed by atoms with Crippen LogP contribution in [0.4, 0.5) is 5.82 Å². The summed E-state index contributed by atoms with van der Waals surface area (Å²) in [5.41, 5.74) is 6.45. The number of benzene rings is 3. The van der Waals surface area contributed by atoms with E-state index in [1.54, 1.807) is 12.4 Å². The van der Waals surface area contributed by atoms with Crippen LogP contribution < -0.4 is 5.32 Å². The SMILES string of the molecule is C/C(=C\C=N)c1ccc(CNc2ncnc(-c3ccc4ccccc4c3)c2C)cc1. The minimum atomic E-state index is 0.683. The molecule has 0 aliphatic rings. The number of nitrogens with one attached hydrogen (secondary N) is 2. The van der Waals surface area contributed by atoms with E-state index < -0.39 is 0 Å². The zero-order valence-electron chi connectivity index (χ0n) is 17.2. The Balaban J connectivity index is 1.54. The fraction of sp³-hybridized carbons (Fsp3) is 0.115. The van der Waals surface area contributed by atoms with Gasteiger partial charge in [0.15, 0.2) is 0 Å². The van der Waals surface area contributed by atoms with Gasteiger partial charge in [-0.15, -0.1) is 0 Å². The van der Waals surface area contributed by atoms with Crippen molar-refractivity contribution in [2.24, 2.45) is 0 Å². The normalized spacial score (nSPS) is 11.5. The van der Waals surface area contributed by atoms with Crippen molar-refractivity contribution in [2.75, 3.05) is 5.32 Å². The Morgan fingerprint density at radius 1 is 0.967 bits per heavy atom. The molecule has 0 spiro atoms. The fourth-order valence-corrected chi connectivity index (χ4v) is 3.55. The van der Waals surface area contributed by atoms with Crippen LogP contribution in [0.15, 0.2) is 79.1 Å². The van der Waals surface area contributed by atoms with E-state index in [2.05, 4.69) is 88.9 Å². The topological polar surface area (TPSA) is 61.7 Å². The molecule has 0 radical (unpaired) electrons. The van der Waals surface area contributed by atoms with Gasteiger partial charge in [-0.1, -0.05) is 60.7 Å². The molecule has 1 heterocycles. The molecule has 0 aliphatic heterocycles. The minimum Gasteiger partial charge on any atom is -0.366 e. The first-order valence-electron chi connectivity index (χ1n) is 9.97. The predicted molar refractivity (Wildman–Crippen MR) is 126 cm³/mol. The molecule has 0 bridgehead atoms. The molecule has 0 unspecified atom stereocenters. The summed E-state index contributed by atoms with van der Waals surface area (Å²) >= 11 is 0. The molecule has 3 aromatic carbocycles. The number of hydrogen-bond donors (Lipinski definition) is 2. The van der Waals surface area contributed by atoms with Gasteiger partial charge >= 0.3 is 0 Å². The van der Waals surface area contributed by atoms with E-state index >= 15 is 0 Å². The first kappa shape index (κ1) is 19.5. The van der Waals surface area contributed by atoms with Gasteiger partial charge in [-0.2, -0.15) is 0 Å². The molecule has 0 saturated heterocycles. The monoisotopic (exact) mass is 392 g/mol. The number of anilines is 1. The predicted octanol–water partition coefficient (Wildman–Crippen LogP) is 6.27. The summed E-state index contributed by atoms with van der Waals surface area (Å²) in [4.78, 5) is 9.00. The van der Waals surface area contributed by atoms with Crippen LogP contribution >= 0.6 is 0 Å². The third-order valence-corrected chi connectivity index (χ3v) is 5.31. The van der Waals surface area contributed by atoms with E-state index in [1.165, 1.54) is 22.6 Å². The van der Waals surface area contributed by atoms with Gasteiger partial charge in [0.1, 0.15) is 12.1 Å². The van der Waals surface area contributed by atoms with Crippen LogP contribution in [0, 0.1) is 12.3 Å². The summed E-state index contributed by atoms with van der Waals surface area (Å²) in [6.45, 7) is 4.75. The highest BCUT2D eigenvalue weighted by Gasteiger charge is 2.10. The zero-order valence-corrected chi connectivity index (χ0v) is 17.2. The second-order valence-corrected chi connectivity index (χ2v) is 7.32. The van der Waals surface area contributed by atoms with Crippen molar-refractivity contribution in [1.29, 1.82) is 5.41 Å². The van der Waals surface area contributed by atoms with E-state index in [-0.39, 0.29) is 0 Å². The number of hydrogen-bond acceptors (Lipinski definition) is 4. The van der Waals surface area contributed by atoms with E-state index in [9.17, 15) is 0 Å². The fourth-order valence-electron chi connectivity index (χ4n) is 3.55. The number of nitrogens with zero attached hydrogens (tertiary/aromatic N) is 2. The maximum absolute atomic E-state index is 7.20.